The zero-order chi connectivity index (χ0) is 11.8. The van der Waals surface area contributed by atoms with Crippen molar-refractivity contribution in [1.82, 2.24) is 0 Å². The van der Waals surface area contributed by atoms with E-state index >= 15 is 0 Å². The van der Waals surface area contributed by atoms with E-state index in [9.17, 15) is 0 Å². The van der Waals surface area contributed by atoms with Crippen LogP contribution in [-0.4, -0.2) is 9.52 Å². The Kier molecular flexibility index (Phi) is 3.44. The molecule has 2 rings (SSSR count). The molecule has 2 radical (unpaired) electrons. The first kappa shape index (κ1) is 12.2. The van der Waals surface area contributed by atoms with Crippen molar-refractivity contribution in [2.75, 3.05) is 0 Å². The van der Waals surface area contributed by atoms with Crippen molar-refractivity contribution in [3.63, 3.8) is 0 Å². The van der Waals surface area contributed by atoms with Gasteiger partial charge in [0.05, 0.1) is 0 Å². The fourth-order valence-corrected chi connectivity index (χ4v) is 4.09. The molecular formula is C15H24Si. The number of rotatable bonds is 2. The topological polar surface area (TPSA) is 0 Å². The third-order valence-corrected chi connectivity index (χ3v) is 5.44. The summed E-state index contributed by atoms with van der Waals surface area (Å²) in [6.07, 6.45) is 8.12. The highest BCUT2D eigenvalue weighted by molar-refractivity contribution is 6.39. The SMILES string of the molecule is CC1=CC(C[Si]C(C)(C)C)C2=C1CCCC2. The Bertz CT molecular complexity index is 328. The molecule has 0 aromatic heterocycles. The molecule has 0 bridgehead atoms. The Balaban J connectivity index is 2.04. The van der Waals surface area contributed by atoms with Crippen molar-refractivity contribution in [2.24, 2.45) is 5.92 Å². The van der Waals surface area contributed by atoms with Crippen LogP contribution in [0, 0.1) is 5.92 Å². The number of hydrogen-bond donors (Lipinski definition) is 0. The average Bonchev–Trinajstić information content (AvgIpc) is 2.53. The monoisotopic (exact) mass is 232 g/mol. The van der Waals surface area contributed by atoms with E-state index in [-0.39, 0.29) is 0 Å². The first-order chi connectivity index (χ1) is 7.47. The molecular weight excluding hydrogens is 208 g/mol. The van der Waals surface area contributed by atoms with Crippen LogP contribution in [0.4, 0.5) is 0 Å². The second-order valence-electron chi connectivity index (χ2n) is 6.30. The molecule has 1 heteroatoms. The zero-order valence-corrected chi connectivity index (χ0v) is 12.2. The highest BCUT2D eigenvalue weighted by Gasteiger charge is 2.27. The van der Waals surface area contributed by atoms with Gasteiger partial charge in [-0.1, -0.05) is 44.0 Å². The fraction of sp³-hybridized carbons (Fsp3) is 0.733. The van der Waals surface area contributed by atoms with Gasteiger partial charge in [0.15, 0.2) is 0 Å². The Labute approximate surface area is 103 Å². The molecule has 0 saturated carbocycles. The van der Waals surface area contributed by atoms with Gasteiger partial charge in [0.2, 0.25) is 0 Å². The van der Waals surface area contributed by atoms with Gasteiger partial charge in [-0.15, -0.1) is 0 Å². The van der Waals surface area contributed by atoms with Crippen molar-refractivity contribution >= 4 is 9.52 Å². The summed E-state index contributed by atoms with van der Waals surface area (Å²) in [6.45, 7) is 9.42. The summed E-state index contributed by atoms with van der Waals surface area (Å²) >= 11 is 0. The summed E-state index contributed by atoms with van der Waals surface area (Å²) in [5, 5.41) is 0.514. The van der Waals surface area contributed by atoms with Crippen molar-refractivity contribution in [3.05, 3.63) is 22.8 Å². The standard InChI is InChI=1S/C15H24Si/c1-11-9-12(10-16-15(2,3)4)14-8-6-5-7-13(11)14/h9,12H,5-8,10H2,1-4H3. The molecule has 0 aromatic rings. The molecule has 2 aliphatic carbocycles. The van der Waals surface area contributed by atoms with Gasteiger partial charge < -0.3 is 0 Å². The summed E-state index contributed by atoms with van der Waals surface area (Å²) in [5.41, 5.74) is 5.13. The lowest BCUT2D eigenvalue weighted by Crippen LogP contribution is -2.13. The van der Waals surface area contributed by atoms with Gasteiger partial charge in [-0.3, -0.25) is 0 Å². The van der Waals surface area contributed by atoms with Crippen LogP contribution in [-0.2, 0) is 0 Å². The molecule has 1 unspecified atom stereocenters. The van der Waals surface area contributed by atoms with Gasteiger partial charge in [-0.25, -0.2) is 0 Å². The predicted molar refractivity (Wildman–Crippen MR) is 73.0 cm³/mol. The molecule has 0 nitrogen and oxygen atoms in total. The van der Waals surface area contributed by atoms with E-state index in [0.717, 1.165) is 15.4 Å². The first-order valence-corrected chi connectivity index (χ1v) is 7.84. The van der Waals surface area contributed by atoms with E-state index in [1.165, 1.54) is 31.7 Å². The van der Waals surface area contributed by atoms with Gasteiger partial charge in [0.25, 0.3) is 0 Å². The normalized spacial score (nSPS) is 25.8. The van der Waals surface area contributed by atoms with Crippen LogP contribution in [0.5, 0.6) is 0 Å². The summed E-state index contributed by atoms with van der Waals surface area (Å²) in [7, 11) is 1.09. The van der Waals surface area contributed by atoms with Gasteiger partial charge >= 0.3 is 0 Å². The minimum absolute atomic E-state index is 0.514. The highest BCUT2D eigenvalue weighted by atomic mass is 28.2. The van der Waals surface area contributed by atoms with Crippen molar-refractivity contribution in [1.29, 1.82) is 0 Å². The van der Waals surface area contributed by atoms with Gasteiger partial charge in [-0.2, -0.15) is 0 Å². The third kappa shape index (κ3) is 2.68. The predicted octanol–water partition coefficient (Wildman–Crippen LogP) is 4.77. The van der Waals surface area contributed by atoms with Crippen LogP contribution >= 0.6 is 0 Å². The summed E-state index contributed by atoms with van der Waals surface area (Å²) in [5.74, 6) is 0.799. The maximum atomic E-state index is 2.55. The van der Waals surface area contributed by atoms with Crippen LogP contribution in [0.2, 0.25) is 11.1 Å². The molecule has 1 atom stereocenters. The lowest BCUT2D eigenvalue weighted by Gasteiger charge is -2.23. The quantitative estimate of drug-likeness (QED) is 0.601. The summed E-state index contributed by atoms with van der Waals surface area (Å²) < 4.78 is 0. The van der Waals surface area contributed by atoms with Crippen LogP contribution in [0.1, 0.15) is 53.4 Å². The van der Waals surface area contributed by atoms with E-state index in [2.05, 4.69) is 33.8 Å². The second-order valence-corrected chi connectivity index (χ2v) is 8.56. The molecule has 0 spiro atoms. The molecule has 88 valence electrons. The van der Waals surface area contributed by atoms with Crippen LogP contribution in [0.3, 0.4) is 0 Å². The molecule has 0 heterocycles. The average molecular weight is 232 g/mol. The minimum Gasteiger partial charge on any atom is -0.0744 e. The summed E-state index contributed by atoms with van der Waals surface area (Å²) in [4.78, 5) is 0. The Morgan fingerprint density at radius 1 is 1.25 bits per heavy atom. The van der Waals surface area contributed by atoms with Gasteiger partial charge in [-0.05, 0) is 49.1 Å². The minimum atomic E-state index is 0.514. The van der Waals surface area contributed by atoms with Gasteiger partial charge in [0, 0.05) is 9.52 Å². The fourth-order valence-electron chi connectivity index (χ4n) is 2.89. The molecule has 0 aliphatic heterocycles. The van der Waals surface area contributed by atoms with E-state index in [4.69, 9.17) is 0 Å². The highest BCUT2D eigenvalue weighted by Crippen LogP contribution is 2.42. The van der Waals surface area contributed by atoms with E-state index in [0.29, 0.717) is 5.04 Å². The zero-order valence-electron chi connectivity index (χ0n) is 11.2. The van der Waals surface area contributed by atoms with Crippen LogP contribution < -0.4 is 0 Å². The van der Waals surface area contributed by atoms with Gasteiger partial charge in [0.1, 0.15) is 0 Å². The summed E-state index contributed by atoms with van der Waals surface area (Å²) in [6, 6.07) is 1.39. The Morgan fingerprint density at radius 3 is 2.62 bits per heavy atom. The maximum absolute atomic E-state index is 2.55. The first-order valence-electron chi connectivity index (χ1n) is 6.63. The van der Waals surface area contributed by atoms with E-state index in [1.54, 1.807) is 16.7 Å². The molecule has 0 N–H and O–H groups in total. The largest absolute Gasteiger partial charge is 0.0744 e. The van der Waals surface area contributed by atoms with Crippen LogP contribution in [0.15, 0.2) is 22.8 Å². The lowest BCUT2D eigenvalue weighted by atomic mass is 9.88. The Morgan fingerprint density at radius 2 is 1.94 bits per heavy atom. The molecule has 16 heavy (non-hydrogen) atoms. The Hall–Kier alpha value is -0.303. The van der Waals surface area contributed by atoms with E-state index in [1.807, 2.05) is 0 Å². The lowest BCUT2D eigenvalue weighted by molar-refractivity contribution is 0.637. The van der Waals surface area contributed by atoms with Crippen molar-refractivity contribution < 1.29 is 0 Å². The number of hydrogen-bond acceptors (Lipinski definition) is 0. The molecule has 0 aromatic carbocycles. The number of allylic oxidation sites excluding steroid dienone is 4. The van der Waals surface area contributed by atoms with E-state index < -0.39 is 0 Å². The maximum Gasteiger partial charge on any atom is 0.0454 e. The van der Waals surface area contributed by atoms with Crippen molar-refractivity contribution in [2.45, 2.75) is 64.5 Å². The molecule has 0 fully saturated rings. The molecule has 0 amide bonds. The molecule has 2 aliphatic rings. The smallest absolute Gasteiger partial charge is 0.0454 e. The van der Waals surface area contributed by atoms with Crippen molar-refractivity contribution in [3.8, 4) is 0 Å². The molecule has 0 saturated heterocycles. The third-order valence-electron chi connectivity index (χ3n) is 3.74. The van der Waals surface area contributed by atoms with Crippen LogP contribution in [0.25, 0.3) is 0 Å². The second kappa shape index (κ2) is 4.52.